The molecule has 0 amide bonds. The Labute approximate surface area is 97.8 Å². The highest BCUT2D eigenvalue weighted by Gasteiger charge is 2.24. The lowest BCUT2D eigenvalue weighted by molar-refractivity contribution is 0.161. The highest BCUT2D eigenvalue weighted by atomic mass is 16.5. The van der Waals surface area contributed by atoms with Gasteiger partial charge in [-0.1, -0.05) is 12.1 Å². The lowest BCUT2D eigenvalue weighted by Crippen LogP contribution is -2.37. The van der Waals surface area contributed by atoms with Gasteiger partial charge in [-0.2, -0.15) is 0 Å². The van der Waals surface area contributed by atoms with E-state index in [1.807, 2.05) is 0 Å². The topological polar surface area (TPSA) is 29.3 Å². The van der Waals surface area contributed by atoms with E-state index in [4.69, 9.17) is 4.52 Å². The van der Waals surface area contributed by atoms with Gasteiger partial charge >= 0.3 is 0 Å². The maximum atomic E-state index is 5.42. The molecule has 3 nitrogen and oxygen atoms in total. The van der Waals surface area contributed by atoms with E-state index >= 15 is 0 Å². The average Bonchev–Trinajstić information content (AvgIpc) is 2.77. The molecular formula is C13H22N2O. The van der Waals surface area contributed by atoms with E-state index in [1.165, 1.54) is 25.9 Å². The first kappa shape index (κ1) is 11.6. The molecule has 0 aliphatic carbocycles. The number of piperidine rings is 1. The molecule has 3 heteroatoms. The van der Waals surface area contributed by atoms with Crippen LogP contribution in [0.25, 0.3) is 0 Å². The second-order valence-corrected chi connectivity index (χ2v) is 4.98. The van der Waals surface area contributed by atoms with Crippen LogP contribution in [0.2, 0.25) is 0 Å². The number of aromatic nitrogens is 1. The molecule has 1 aliphatic rings. The van der Waals surface area contributed by atoms with Crippen molar-refractivity contribution < 1.29 is 4.52 Å². The van der Waals surface area contributed by atoms with Gasteiger partial charge in [0.25, 0.3) is 0 Å². The summed E-state index contributed by atoms with van der Waals surface area (Å²) < 4.78 is 5.42. The standard InChI is InChI=1S/C13H22N2O/c1-4-12-9-13(16-14-12)11-5-7-15(8-6-11)10(2)3/h9-11H,4-8H2,1-3H3. The van der Waals surface area contributed by atoms with Gasteiger partial charge in [0, 0.05) is 18.0 Å². The molecular weight excluding hydrogens is 200 g/mol. The van der Waals surface area contributed by atoms with E-state index in [-0.39, 0.29) is 0 Å². The maximum absolute atomic E-state index is 5.42. The van der Waals surface area contributed by atoms with Crippen LogP contribution in [-0.2, 0) is 6.42 Å². The minimum Gasteiger partial charge on any atom is -0.361 e. The molecule has 0 unspecified atom stereocenters. The molecule has 1 aliphatic heterocycles. The highest BCUT2D eigenvalue weighted by Crippen LogP contribution is 2.29. The first-order valence-corrected chi connectivity index (χ1v) is 6.40. The zero-order valence-corrected chi connectivity index (χ0v) is 10.6. The molecule has 0 spiro atoms. The van der Waals surface area contributed by atoms with Crippen molar-refractivity contribution in [1.82, 2.24) is 10.1 Å². The van der Waals surface area contributed by atoms with Crippen LogP contribution >= 0.6 is 0 Å². The fourth-order valence-electron chi connectivity index (χ4n) is 2.39. The average molecular weight is 222 g/mol. The van der Waals surface area contributed by atoms with Crippen molar-refractivity contribution >= 4 is 0 Å². The quantitative estimate of drug-likeness (QED) is 0.787. The third-order valence-electron chi connectivity index (χ3n) is 3.60. The van der Waals surface area contributed by atoms with E-state index in [1.54, 1.807) is 0 Å². The molecule has 0 saturated carbocycles. The SMILES string of the molecule is CCc1cc(C2CCN(C(C)C)CC2)on1. The van der Waals surface area contributed by atoms with Crippen LogP contribution in [0.4, 0.5) is 0 Å². The van der Waals surface area contributed by atoms with E-state index in [9.17, 15) is 0 Å². The Balaban J connectivity index is 1.93. The lowest BCUT2D eigenvalue weighted by Gasteiger charge is -2.33. The van der Waals surface area contributed by atoms with Crippen molar-refractivity contribution in [2.75, 3.05) is 13.1 Å². The van der Waals surface area contributed by atoms with Crippen molar-refractivity contribution in [3.8, 4) is 0 Å². The van der Waals surface area contributed by atoms with Crippen LogP contribution in [0.5, 0.6) is 0 Å². The summed E-state index contributed by atoms with van der Waals surface area (Å²) in [5.74, 6) is 1.68. The largest absolute Gasteiger partial charge is 0.361 e. The van der Waals surface area contributed by atoms with Gasteiger partial charge in [0.1, 0.15) is 5.76 Å². The summed E-state index contributed by atoms with van der Waals surface area (Å²) in [6.07, 6.45) is 3.38. The number of likely N-dealkylation sites (tertiary alicyclic amines) is 1. The Hall–Kier alpha value is -0.830. The molecule has 2 rings (SSSR count). The summed E-state index contributed by atoms with van der Waals surface area (Å²) in [6.45, 7) is 9.02. The van der Waals surface area contributed by atoms with Gasteiger partial charge in [-0.05, 0) is 46.2 Å². The van der Waals surface area contributed by atoms with Crippen LogP contribution in [0.3, 0.4) is 0 Å². The van der Waals surface area contributed by atoms with Crippen LogP contribution in [-0.4, -0.2) is 29.2 Å². The third-order valence-corrected chi connectivity index (χ3v) is 3.60. The van der Waals surface area contributed by atoms with E-state index in [0.717, 1.165) is 17.9 Å². The van der Waals surface area contributed by atoms with Gasteiger partial charge in [0.2, 0.25) is 0 Å². The minimum absolute atomic E-state index is 0.586. The number of nitrogens with zero attached hydrogens (tertiary/aromatic N) is 2. The first-order valence-electron chi connectivity index (χ1n) is 6.40. The second kappa shape index (κ2) is 5.00. The summed E-state index contributed by atoms with van der Waals surface area (Å²) in [7, 11) is 0. The minimum atomic E-state index is 0.586. The Bertz CT molecular complexity index is 324. The van der Waals surface area contributed by atoms with Crippen molar-refractivity contribution in [3.05, 3.63) is 17.5 Å². The summed E-state index contributed by atoms with van der Waals surface area (Å²) in [5.41, 5.74) is 1.08. The van der Waals surface area contributed by atoms with Gasteiger partial charge in [0.15, 0.2) is 0 Å². The number of aryl methyl sites for hydroxylation is 1. The van der Waals surface area contributed by atoms with E-state index < -0.39 is 0 Å². The molecule has 1 aromatic heterocycles. The number of hydrogen-bond donors (Lipinski definition) is 0. The summed E-state index contributed by atoms with van der Waals surface area (Å²) in [5, 5.41) is 4.08. The molecule has 2 heterocycles. The zero-order valence-electron chi connectivity index (χ0n) is 10.6. The van der Waals surface area contributed by atoms with Gasteiger partial charge < -0.3 is 9.42 Å². The van der Waals surface area contributed by atoms with Gasteiger partial charge in [-0.25, -0.2) is 0 Å². The van der Waals surface area contributed by atoms with E-state index in [0.29, 0.717) is 12.0 Å². The highest BCUT2D eigenvalue weighted by molar-refractivity contribution is 5.10. The van der Waals surface area contributed by atoms with Crippen LogP contribution in [0, 0.1) is 0 Å². The Morgan fingerprint density at radius 3 is 2.62 bits per heavy atom. The van der Waals surface area contributed by atoms with Crippen LogP contribution in [0.15, 0.2) is 10.6 Å². The zero-order chi connectivity index (χ0) is 11.5. The van der Waals surface area contributed by atoms with Gasteiger partial charge in [0.05, 0.1) is 5.69 Å². The Morgan fingerprint density at radius 1 is 1.44 bits per heavy atom. The second-order valence-electron chi connectivity index (χ2n) is 4.98. The molecule has 0 atom stereocenters. The van der Waals surface area contributed by atoms with Crippen molar-refractivity contribution in [2.24, 2.45) is 0 Å². The lowest BCUT2D eigenvalue weighted by atomic mass is 9.93. The fourth-order valence-corrected chi connectivity index (χ4v) is 2.39. The normalized spacial score (nSPS) is 19.5. The maximum Gasteiger partial charge on any atom is 0.140 e. The third kappa shape index (κ3) is 2.46. The fraction of sp³-hybridized carbons (Fsp3) is 0.769. The summed E-state index contributed by atoms with van der Waals surface area (Å²) in [4.78, 5) is 2.54. The monoisotopic (exact) mass is 222 g/mol. The summed E-state index contributed by atoms with van der Waals surface area (Å²) >= 11 is 0. The molecule has 0 aromatic carbocycles. The predicted molar refractivity (Wildman–Crippen MR) is 64.6 cm³/mol. The molecule has 0 bridgehead atoms. The summed E-state index contributed by atoms with van der Waals surface area (Å²) in [6, 6.07) is 2.80. The van der Waals surface area contributed by atoms with Crippen molar-refractivity contribution in [3.63, 3.8) is 0 Å². The van der Waals surface area contributed by atoms with Gasteiger partial charge in [-0.15, -0.1) is 0 Å². The van der Waals surface area contributed by atoms with Crippen molar-refractivity contribution in [1.29, 1.82) is 0 Å². The molecule has 16 heavy (non-hydrogen) atoms. The smallest absolute Gasteiger partial charge is 0.140 e. The van der Waals surface area contributed by atoms with Crippen LogP contribution in [0.1, 0.15) is 51.0 Å². The predicted octanol–water partition coefficient (Wildman–Crippen LogP) is 2.82. The number of rotatable bonds is 3. The van der Waals surface area contributed by atoms with E-state index in [2.05, 4.69) is 36.9 Å². The molecule has 1 fully saturated rings. The molecule has 0 N–H and O–H groups in total. The van der Waals surface area contributed by atoms with Crippen LogP contribution < -0.4 is 0 Å². The Kier molecular flexibility index (Phi) is 3.64. The van der Waals surface area contributed by atoms with Crippen molar-refractivity contribution in [2.45, 2.75) is 52.0 Å². The first-order chi connectivity index (χ1) is 7.70. The molecule has 1 saturated heterocycles. The number of hydrogen-bond acceptors (Lipinski definition) is 3. The Morgan fingerprint density at radius 2 is 2.12 bits per heavy atom. The molecule has 1 aromatic rings. The molecule has 90 valence electrons. The molecule has 0 radical (unpaired) electrons. The van der Waals surface area contributed by atoms with Gasteiger partial charge in [-0.3, -0.25) is 0 Å².